The summed E-state index contributed by atoms with van der Waals surface area (Å²) in [4.78, 5) is 12.0. The SMILES string of the molecule is CCC(CC)NC(=O)NC1CC(C)(C)NC(C)(C)C1. The van der Waals surface area contributed by atoms with Crippen LogP contribution in [-0.2, 0) is 0 Å². The van der Waals surface area contributed by atoms with Gasteiger partial charge in [-0.2, -0.15) is 0 Å². The third-order valence-corrected chi connectivity index (χ3v) is 3.85. The van der Waals surface area contributed by atoms with Gasteiger partial charge in [0, 0.05) is 23.2 Å². The van der Waals surface area contributed by atoms with E-state index in [-0.39, 0.29) is 29.2 Å². The van der Waals surface area contributed by atoms with Crippen molar-refractivity contribution in [3.8, 4) is 0 Å². The first-order chi connectivity index (χ1) is 8.67. The second-order valence-corrected chi connectivity index (χ2v) is 7.13. The number of amides is 2. The predicted molar refractivity (Wildman–Crippen MR) is 80.4 cm³/mol. The van der Waals surface area contributed by atoms with E-state index in [1.165, 1.54) is 0 Å². The number of hydrogen-bond acceptors (Lipinski definition) is 2. The molecule has 3 N–H and O–H groups in total. The van der Waals surface area contributed by atoms with Crippen molar-refractivity contribution in [2.24, 2.45) is 0 Å². The first-order valence-corrected chi connectivity index (χ1v) is 7.54. The zero-order valence-corrected chi connectivity index (χ0v) is 13.4. The lowest BCUT2D eigenvalue weighted by molar-refractivity contribution is 0.147. The molecule has 19 heavy (non-hydrogen) atoms. The third kappa shape index (κ3) is 5.39. The summed E-state index contributed by atoms with van der Waals surface area (Å²) in [6, 6.07) is 0.496. The summed E-state index contributed by atoms with van der Waals surface area (Å²) in [5.74, 6) is 0. The molecule has 1 rings (SSSR count). The van der Waals surface area contributed by atoms with Crippen LogP contribution in [0.5, 0.6) is 0 Å². The second-order valence-electron chi connectivity index (χ2n) is 7.13. The molecule has 0 aromatic rings. The van der Waals surface area contributed by atoms with Crippen molar-refractivity contribution in [2.45, 2.75) is 90.4 Å². The Hall–Kier alpha value is -0.770. The number of rotatable bonds is 4. The summed E-state index contributed by atoms with van der Waals surface area (Å²) in [6.45, 7) is 13.0. The number of piperidine rings is 1. The molecule has 0 bridgehead atoms. The van der Waals surface area contributed by atoms with Crippen molar-refractivity contribution in [2.75, 3.05) is 0 Å². The Morgan fingerprint density at radius 1 is 1.16 bits per heavy atom. The predicted octanol–water partition coefficient (Wildman–Crippen LogP) is 2.78. The number of carbonyl (C=O) groups excluding carboxylic acids is 1. The molecule has 1 aliphatic rings. The summed E-state index contributed by atoms with van der Waals surface area (Å²) < 4.78 is 0. The van der Waals surface area contributed by atoms with Crippen LogP contribution in [0.1, 0.15) is 67.2 Å². The van der Waals surface area contributed by atoms with Crippen molar-refractivity contribution < 1.29 is 4.79 Å². The van der Waals surface area contributed by atoms with Gasteiger partial charge in [-0.05, 0) is 53.4 Å². The maximum Gasteiger partial charge on any atom is 0.315 e. The molecule has 0 saturated carbocycles. The van der Waals surface area contributed by atoms with Gasteiger partial charge in [-0.15, -0.1) is 0 Å². The van der Waals surface area contributed by atoms with Crippen LogP contribution >= 0.6 is 0 Å². The molecule has 2 amide bonds. The van der Waals surface area contributed by atoms with Gasteiger partial charge < -0.3 is 16.0 Å². The van der Waals surface area contributed by atoms with Gasteiger partial charge >= 0.3 is 6.03 Å². The highest BCUT2D eigenvalue weighted by Crippen LogP contribution is 2.28. The average Bonchev–Trinajstić information content (AvgIpc) is 2.21. The maximum atomic E-state index is 12.0. The quantitative estimate of drug-likeness (QED) is 0.735. The highest BCUT2D eigenvalue weighted by molar-refractivity contribution is 5.74. The van der Waals surface area contributed by atoms with Crippen molar-refractivity contribution >= 4 is 6.03 Å². The highest BCUT2D eigenvalue weighted by atomic mass is 16.2. The molecule has 0 aromatic heterocycles. The average molecular weight is 269 g/mol. The molecule has 0 aromatic carbocycles. The number of hydrogen-bond donors (Lipinski definition) is 3. The largest absolute Gasteiger partial charge is 0.335 e. The summed E-state index contributed by atoms with van der Waals surface area (Å²) in [7, 11) is 0. The zero-order valence-electron chi connectivity index (χ0n) is 13.4. The van der Waals surface area contributed by atoms with E-state index in [0.29, 0.717) is 0 Å². The molecular formula is C15H31N3O. The van der Waals surface area contributed by atoms with Crippen LogP contribution in [0.2, 0.25) is 0 Å². The summed E-state index contributed by atoms with van der Waals surface area (Å²) in [5.41, 5.74) is 0.128. The fourth-order valence-corrected chi connectivity index (χ4v) is 3.33. The summed E-state index contributed by atoms with van der Waals surface area (Å²) in [5, 5.41) is 9.81. The fourth-order valence-electron chi connectivity index (χ4n) is 3.33. The number of carbonyl (C=O) groups is 1. The Balaban J connectivity index is 2.54. The smallest absolute Gasteiger partial charge is 0.315 e. The Morgan fingerprint density at radius 2 is 1.63 bits per heavy atom. The van der Waals surface area contributed by atoms with E-state index in [4.69, 9.17) is 0 Å². The molecule has 1 aliphatic heterocycles. The van der Waals surface area contributed by atoms with Crippen LogP contribution in [0.3, 0.4) is 0 Å². The van der Waals surface area contributed by atoms with Gasteiger partial charge in [0.1, 0.15) is 0 Å². The number of urea groups is 1. The standard InChI is InChI=1S/C15H31N3O/c1-7-11(8-2)16-13(19)17-12-9-14(3,4)18-15(5,6)10-12/h11-12,18H,7-10H2,1-6H3,(H2,16,17,19). The molecule has 112 valence electrons. The fraction of sp³-hybridized carbons (Fsp3) is 0.933. The van der Waals surface area contributed by atoms with Crippen LogP contribution in [0, 0.1) is 0 Å². The van der Waals surface area contributed by atoms with Gasteiger partial charge in [0.25, 0.3) is 0 Å². The second kappa shape index (κ2) is 6.12. The van der Waals surface area contributed by atoms with E-state index in [1.54, 1.807) is 0 Å². The van der Waals surface area contributed by atoms with Gasteiger partial charge in [-0.25, -0.2) is 4.79 Å². The lowest BCUT2D eigenvalue weighted by Gasteiger charge is -2.46. The Bertz CT molecular complexity index is 293. The van der Waals surface area contributed by atoms with Gasteiger partial charge in [-0.1, -0.05) is 13.8 Å². The molecule has 1 heterocycles. The minimum atomic E-state index is -0.0211. The van der Waals surface area contributed by atoms with Crippen LogP contribution in [0.4, 0.5) is 4.79 Å². The molecule has 0 radical (unpaired) electrons. The topological polar surface area (TPSA) is 53.2 Å². The Morgan fingerprint density at radius 3 is 2.05 bits per heavy atom. The van der Waals surface area contributed by atoms with Crippen molar-refractivity contribution in [3.05, 3.63) is 0 Å². The minimum Gasteiger partial charge on any atom is -0.335 e. The lowest BCUT2D eigenvalue weighted by atomic mass is 9.80. The molecular weight excluding hydrogens is 238 g/mol. The molecule has 1 saturated heterocycles. The normalized spacial score (nSPS) is 22.3. The van der Waals surface area contributed by atoms with E-state index < -0.39 is 0 Å². The van der Waals surface area contributed by atoms with E-state index >= 15 is 0 Å². The van der Waals surface area contributed by atoms with Crippen molar-refractivity contribution in [3.63, 3.8) is 0 Å². The maximum absolute atomic E-state index is 12.0. The van der Waals surface area contributed by atoms with Crippen LogP contribution in [0.25, 0.3) is 0 Å². The van der Waals surface area contributed by atoms with Gasteiger partial charge in [0.05, 0.1) is 0 Å². The van der Waals surface area contributed by atoms with Crippen LogP contribution in [0.15, 0.2) is 0 Å². The summed E-state index contributed by atoms with van der Waals surface area (Å²) >= 11 is 0. The van der Waals surface area contributed by atoms with Gasteiger partial charge in [0.15, 0.2) is 0 Å². The zero-order chi connectivity index (χ0) is 14.7. The Labute approximate surface area is 118 Å². The summed E-state index contributed by atoms with van der Waals surface area (Å²) in [6.07, 6.45) is 3.89. The van der Waals surface area contributed by atoms with Gasteiger partial charge in [0.2, 0.25) is 0 Å². The van der Waals surface area contributed by atoms with E-state index in [2.05, 4.69) is 57.5 Å². The number of nitrogens with one attached hydrogen (secondary N) is 3. The minimum absolute atomic E-state index is 0.0211. The molecule has 0 atom stereocenters. The van der Waals surface area contributed by atoms with Crippen molar-refractivity contribution in [1.82, 2.24) is 16.0 Å². The first-order valence-electron chi connectivity index (χ1n) is 7.54. The molecule has 0 spiro atoms. The molecule has 1 fully saturated rings. The monoisotopic (exact) mass is 269 g/mol. The van der Waals surface area contributed by atoms with E-state index in [1.807, 2.05) is 0 Å². The molecule has 4 nitrogen and oxygen atoms in total. The van der Waals surface area contributed by atoms with E-state index in [9.17, 15) is 4.79 Å². The lowest BCUT2D eigenvalue weighted by Crippen LogP contribution is -2.63. The first kappa shape index (κ1) is 16.3. The third-order valence-electron chi connectivity index (χ3n) is 3.85. The Kier molecular flexibility index (Phi) is 5.25. The van der Waals surface area contributed by atoms with Crippen molar-refractivity contribution in [1.29, 1.82) is 0 Å². The van der Waals surface area contributed by atoms with E-state index in [0.717, 1.165) is 25.7 Å². The molecule has 0 aliphatic carbocycles. The van der Waals surface area contributed by atoms with Gasteiger partial charge in [-0.3, -0.25) is 0 Å². The highest BCUT2D eigenvalue weighted by Gasteiger charge is 2.38. The molecule has 4 heteroatoms. The molecule has 0 unspecified atom stereocenters. The van der Waals surface area contributed by atoms with Crippen LogP contribution in [-0.4, -0.2) is 29.2 Å². The van der Waals surface area contributed by atoms with Crippen LogP contribution < -0.4 is 16.0 Å².